The highest BCUT2D eigenvalue weighted by Crippen LogP contribution is 2.35. The quantitative estimate of drug-likeness (QED) is 0.0779. The fourth-order valence-electron chi connectivity index (χ4n) is 8.16. The molecule has 1 saturated heterocycles. The number of aromatic nitrogens is 3. The van der Waals surface area contributed by atoms with Crippen LogP contribution < -0.4 is 21.3 Å². The first-order chi connectivity index (χ1) is 32.5. The van der Waals surface area contributed by atoms with Gasteiger partial charge in [-0.15, -0.1) is 11.3 Å². The van der Waals surface area contributed by atoms with Gasteiger partial charge in [0.1, 0.15) is 23.7 Å². The van der Waals surface area contributed by atoms with Crippen molar-refractivity contribution in [3.63, 3.8) is 0 Å². The lowest BCUT2D eigenvalue weighted by Crippen LogP contribution is -2.57. The van der Waals surface area contributed by atoms with Gasteiger partial charge < -0.3 is 31.3 Å². The highest BCUT2D eigenvalue weighted by Gasteiger charge is 2.44. The number of benzene rings is 4. The Morgan fingerprint density at radius 3 is 2.37 bits per heavy atom. The number of fused-ring (bicyclic) bond motifs is 3. The Labute approximate surface area is 400 Å². The van der Waals surface area contributed by atoms with E-state index in [0.29, 0.717) is 38.7 Å². The summed E-state index contributed by atoms with van der Waals surface area (Å²) in [5.41, 5.74) is 6.70. The number of aliphatic hydroxyl groups excluding tert-OH is 1. The molecule has 4 aromatic carbocycles. The van der Waals surface area contributed by atoms with E-state index in [4.69, 9.17) is 16.6 Å². The number of nitrogens with zero attached hydrogens (tertiary/aromatic N) is 5. The number of nitrogens with one attached hydrogen (secondary N) is 4. The fraction of sp³-hybridized carbons (Fsp3) is 0.280. The summed E-state index contributed by atoms with van der Waals surface area (Å²) in [5, 5.41) is 22.6. The molecule has 5 N–H and O–H groups in total. The number of likely N-dealkylation sites (tertiary alicyclic amines) is 1. The van der Waals surface area contributed by atoms with Crippen LogP contribution in [-0.2, 0) is 27.5 Å². The number of thiazole rings is 1. The van der Waals surface area contributed by atoms with Crippen molar-refractivity contribution in [3.8, 4) is 21.7 Å². The minimum Gasteiger partial charge on any atom is -0.391 e. The van der Waals surface area contributed by atoms with Gasteiger partial charge in [0.05, 0.1) is 45.7 Å². The van der Waals surface area contributed by atoms with Crippen molar-refractivity contribution in [1.82, 2.24) is 35.8 Å². The average Bonchev–Trinajstić information content (AvgIpc) is 3.89. The number of halogens is 3. The normalized spacial score (nSPS) is 15.9. The van der Waals surface area contributed by atoms with Gasteiger partial charge in [-0.25, -0.2) is 23.7 Å². The van der Waals surface area contributed by atoms with E-state index in [-0.39, 0.29) is 56.2 Å². The molecule has 6 aromatic rings. The van der Waals surface area contributed by atoms with E-state index < -0.39 is 58.9 Å². The molecular weight excluding hydrogens is 912 g/mol. The van der Waals surface area contributed by atoms with Gasteiger partial charge in [-0.2, -0.15) is 0 Å². The van der Waals surface area contributed by atoms with Crippen molar-refractivity contribution in [1.29, 1.82) is 0 Å². The van der Waals surface area contributed by atoms with Gasteiger partial charge in [0, 0.05) is 71.6 Å². The van der Waals surface area contributed by atoms with E-state index in [1.54, 1.807) is 86.3 Å². The number of aliphatic hydroxyl groups is 1. The topological polar surface area (TPSA) is 191 Å². The summed E-state index contributed by atoms with van der Waals surface area (Å²) in [6, 6.07) is 20.9. The molecule has 2 aliphatic rings. The molecule has 2 aliphatic heterocycles. The maximum atomic E-state index is 15.0. The van der Waals surface area contributed by atoms with Gasteiger partial charge in [0.2, 0.25) is 23.7 Å². The molecule has 4 amide bonds. The zero-order chi connectivity index (χ0) is 48.3. The molecular formula is C50H48ClF2N9O5S. The first-order valence-electron chi connectivity index (χ1n) is 21.9. The molecule has 0 radical (unpaired) electrons. The fourth-order valence-corrected chi connectivity index (χ4v) is 9.14. The Morgan fingerprint density at radius 2 is 1.68 bits per heavy atom. The van der Waals surface area contributed by atoms with Crippen molar-refractivity contribution in [2.24, 2.45) is 10.4 Å². The van der Waals surface area contributed by atoms with Crippen molar-refractivity contribution in [2.45, 2.75) is 71.8 Å². The lowest BCUT2D eigenvalue weighted by atomic mass is 9.85. The maximum Gasteiger partial charge on any atom is 0.251 e. The van der Waals surface area contributed by atoms with Crippen LogP contribution in [0.5, 0.6) is 0 Å². The van der Waals surface area contributed by atoms with Crippen LogP contribution in [-0.4, -0.2) is 85.6 Å². The van der Waals surface area contributed by atoms with Crippen molar-refractivity contribution in [3.05, 3.63) is 147 Å². The van der Waals surface area contributed by atoms with Gasteiger partial charge in [0.15, 0.2) is 0 Å². The molecule has 0 unspecified atom stereocenters. The molecule has 8 rings (SSSR count). The van der Waals surface area contributed by atoms with Crippen LogP contribution in [0.25, 0.3) is 21.7 Å². The number of anilines is 2. The summed E-state index contributed by atoms with van der Waals surface area (Å²) in [6.45, 7) is 7.54. The minimum atomic E-state index is -1.03. The van der Waals surface area contributed by atoms with E-state index in [1.807, 2.05) is 31.2 Å². The third kappa shape index (κ3) is 10.6. The Balaban J connectivity index is 0.847. The van der Waals surface area contributed by atoms with E-state index in [9.17, 15) is 33.1 Å². The van der Waals surface area contributed by atoms with Crippen molar-refractivity contribution < 1.29 is 33.1 Å². The Bertz CT molecular complexity index is 2900. The molecule has 350 valence electrons. The summed E-state index contributed by atoms with van der Waals surface area (Å²) < 4.78 is 30.0. The molecule has 18 heteroatoms. The molecule has 1 fully saturated rings. The van der Waals surface area contributed by atoms with Crippen LogP contribution in [0.2, 0.25) is 5.02 Å². The third-order valence-electron chi connectivity index (χ3n) is 11.7. The third-order valence-corrected chi connectivity index (χ3v) is 12.9. The van der Waals surface area contributed by atoms with Crippen LogP contribution in [0.3, 0.4) is 0 Å². The van der Waals surface area contributed by atoms with Crippen molar-refractivity contribution in [2.75, 3.05) is 18.4 Å². The number of carbonyl (C=O) groups excluding carboxylic acids is 4. The van der Waals surface area contributed by atoms with Gasteiger partial charge >= 0.3 is 0 Å². The maximum absolute atomic E-state index is 15.0. The summed E-state index contributed by atoms with van der Waals surface area (Å²) >= 11 is 7.91. The van der Waals surface area contributed by atoms with E-state index in [0.717, 1.165) is 21.7 Å². The van der Waals surface area contributed by atoms with Crippen LogP contribution in [0.15, 0.2) is 102 Å². The summed E-state index contributed by atoms with van der Waals surface area (Å²) in [7, 11) is 0. The number of amides is 4. The molecule has 14 nitrogen and oxygen atoms in total. The first-order valence-corrected chi connectivity index (χ1v) is 23.1. The zero-order valence-electron chi connectivity index (χ0n) is 37.6. The molecule has 0 spiro atoms. The Hall–Kier alpha value is -6.95. The molecule has 68 heavy (non-hydrogen) atoms. The van der Waals surface area contributed by atoms with Crippen LogP contribution in [0.1, 0.15) is 71.9 Å². The second-order valence-electron chi connectivity index (χ2n) is 17.7. The van der Waals surface area contributed by atoms with E-state index in [2.05, 4.69) is 36.2 Å². The number of carbonyl (C=O) groups is 4. The average molecular weight is 961 g/mol. The Morgan fingerprint density at radius 1 is 0.941 bits per heavy atom. The van der Waals surface area contributed by atoms with E-state index >= 15 is 0 Å². The van der Waals surface area contributed by atoms with Crippen molar-refractivity contribution >= 4 is 63.9 Å². The Kier molecular flexibility index (Phi) is 14.1. The van der Waals surface area contributed by atoms with Crippen LogP contribution in [0.4, 0.5) is 20.4 Å². The number of aryl methyl sites for hydroxylation is 1. The molecule has 0 saturated carbocycles. The smallest absolute Gasteiger partial charge is 0.251 e. The minimum absolute atomic E-state index is 0.0291. The number of rotatable bonds is 13. The number of β-amino-alcohol motifs (C(OH)–C–C–N with tert-alkyl or cyclic N) is 1. The number of hydrogen-bond donors (Lipinski definition) is 5. The molecule has 0 aliphatic carbocycles. The zero-order valence-corrected chi connectivity index (χ0v) is 39.1. The second-order valence-corrected chi connectivity index (χ2v) is 19.0. The standard InChI is InChI=1S/C50H48ClF2N9O5S/c1-27-44(68-26-58-27)29-10-8-28(9-11-29)22-56-47(66)39-21-34(63)25-62(39)48(67)45(50(2,3)4)60-40(64)18-19-54-46(65)30-12-15-33(16-13-30)59-49-57-24-31-23-55-43(41-37(52)6-5-7-38(41)53)36-20-32(51)14-17-35(36)42(31)61-49/h5-17,20,24,26,34,39,45,63H,18-19,21-23,25H2,1-4H3,(H,54,65)(H,56,66)(H,60,64)(H,57,59,61)/t34-,39+,45-/m1/s1. The summed E-state index contributed by atoms with van der Waals surface area (Å²) in [4.78, 5) is 74.4. The molecule has 3 atom stereocenters. The van der Waals surface area contributed by atoms with Gasteiger partial charge in [-0.05, 0) is 72.0 Å². The summed E-state index contributed by atoms with van der Waals surface area (Å²) in [6.07, 6.45) is 0.598. The number of aliphatic imine (C=N–C) groups is 1. The van der Waals surface area contributed by atoms with E-state index in [1.165, 1.54) is 23.1 Å². The SMILES string of the molecule is Cc1ncsc1-c1ccc(CNC(=O)[C@@H]2C[C@@H](O)CN2C(=O)[C@@H](NC(=O)CCNC(=O)c2ccc(Nc3ncc4c(n3)-c3ccc(Cl)cc3C(c3c(F)cccc3F)=NC4)cc2)C(C)(C)C)cc1. The lowest BCUT2D eigenvalue weighted by molar-refractivity contribution is -0.144. The largest absolute Gasteiger partial charge is 0.391 e. The summed E-state index contributed by atoms with van der Waals surface area (Å²) in [5.74, 6) is -3.11. The highest BCUT2D eigenvalue weighted by molar-refractivity contribution is 7.13. The van der Waals surface area contributed by atoms with Crippen LogP contribution >= 0.6 is 22.9 Å². The monoisotopic (exact) mass is 959 g/mol. The molecule has 0 bridgehead atoms. The number of hydrogen-bond acceptors (Lipinski definition) is 11. The van der Waals surface area contributed by atoms with Gasteiger partial charge in [-0.1, -0.05) is 68.8 Å². The molecule has 2 aromatic heterocycles. The predicted molar refractivity (Wildman–Crippen MR) is 256 cm³/mol. The van der Waals surface area contributed by atoms with Gasteiger partial charge in [0.25, 0.3) is 5.91 Å². The van der Waals surface area contributed by atoms with Gasteiger partial charge in [-0.3, -0.25) is 24.2 Å². The van der Waals surface area contributed by atoms with Crippen LogP contribution in [0, 0.1) is 24.0 Å². The first kappa shape index (κ1) is 47.5. The molecule has 4 heterocycles. The predicted octanol–water partition coefficient (Wildman–Crippen LogP) is 7.53. The highest BCUT2D eigenvalue weighted by atomic mass is 35.5. The second kappa shape index (κ2) is 20.1. The lowest BCUT2D eigenvalue weighted by Gasteiger charge is -2.35.